The molecule has 1 fully saturated rings. The monoisotopic (exact) mass is 287 g/mol. The molecule has 21 heavy (non-hydrogen) atoms. The van der Waals surface area contributed by atoms with Crippen molar-refractivity contribution in [3.8, 4) is 17.1 Å². The smallest absolute Gasteiger partial charge is 0.234 e. The normalized spacial score (nSPS) is 17.3. The molecule has 1 aromatic heterocycles. The lowest BCUT2D eigenvalue weighted by atomic mass is 9.86. The summed E-state index contributed by atoms with van der Waals surface area (Å²) in [7, 11) is 0. The van der Waals surface area contributed by atoms with Crippen molar-refractivity contribution in [2.45, 2.75) is 44.9 Å². The van der Waals surface area contributed by atoms with Crippen LogP contribution in [0.25, 0.3) is 11.4 Å². The predicted molar refractivity (Wildman–Crippen MR) is 80.1 cm³/mol. The molecule has 1 aliphatic carbocycles. The van der Waals surface area contributed by atoms with Gasteiger partial charge in [0.1, 0.15) is 5.75 Å². The van der Waals surface area contributed by atoms with Gasteiger partial charge >= 0.3 is 0 Å². The van der Waals surface area contributed by atoms with Crippen LogP contribution in [0.1, 0.15) is 42.7 Å². The zero-order valence-electron chi connectivity index (χ0n) is 12.5. The van der Waals surface area contributed by atoms with Gasteiger partial charge in [-0.25, -0.2) is 0 Å². The number of phenolic OH excluding ortho intramolecular Hbond substituents is 1. The summed E-state index contributed by atoms with van der Waals surface area (Å²) in [5, 5.41) is 14.0. The number of benzene rings is 1. The van der Waals surface area contributed by atoms with Gasteiger partial charge in [0.15, 0.2) is 0 Å². The van der Waals surface area contributed by atoms with Crippen molar-refractivity contribution in [3.63, 3.8) is 0 Å². The van der Waals surface area contributed by atoms with Gasteiger partial charge < -0.3 is 15.4 Å². The van der Waals surface area contributed by atoms with E-state index in [1.54, 1.807) is 0 Å². The van der Waals surface area contributed by atoms with Gasteiger partial charge in [-0.1, -0.05) is 18.0 Å². The molecule has 0 saturated heterocycles. The quantitative estimate of drug-likeness (QED) is 0.906. The van der Waals surface area contributed by atoms with Crippen LogP contribution in [-0.2, 0) is 5.41 Å². The maximum absolute atomic E-state index is 9.85. The van der Waals surface area contributed by atoms with E-state index in [0.717, 1.165) is 42.4 Å². The fourth-order valence-corrected chi connectivity index (χ4v) is 3.20. The molecule has 1 aromatic carbocycles. The highest BCUT2D eigenvalue weighted by Crippen LogP contribution is 2.40. The molecule has 112 valence electrons. The number of hydrogen-bond donors (Lipinski definition) is 2. The largest absolute Gasteiger partial charge is 0.507 e. The van der Waals surface area contributed by atoms with Crippen LogP contribution in [0, 0.1) is 13.8 Å². The molecule has 0 amide bonds. The molecule has 0 aliphatic heterocycles. The second kappa shape index (κ2) is 5.15. The number of aromatic nitrogens is 2. The van der Waals surface area contributed by atoms with E-state index in [2.05, 4.69) is 10.1 Å². The first-order valence-corrected chi connectivity index (χ1v) is 7.40. The molecule has 0 radical (unpaired) electrons. The Morgan fingerprint density at radius 2 is 1.86 bits per heavy atom. The van der Waals surface area contributed by atoms with Gasteiger partial charge in [-0.3, -0.25) is 0 Å². The van der Waals surface area contributed by atoms with Gasteiger partial charge in [-0.15, -0.1) is 0 Å². The first-order chi connectivity index (χ1) is 10.1. The Labute approximate surface area is 124 Å². The van der Waals surface area contributed by atoms with E-state index in [9.17, 15) is 5.11 Å². The van der Waals surface area contributed by atoms with Crippen molar-refractivity contribution in [1.29, 1.82) is 0 Å². The van der Waals surface area contributed by atoms with E-state index in [1.807, 2.05) is 26.0 Å². The van der Waals surface area contributed by atoms with E-state index in [0.29, 0.717) is 24.0 Å². The summed E-state index contributed by atoms with van der Waals surface area (Å²) in [6.45, 7) is 4.28. The molecule has 0 unspecified atom stereocenters. The molecule has 0 bridgehead atoms. The summed E-state index contributed by atoms with van der Waals surface area (Å²) in [6, 6.07) is 3.75. The summed E-state index contributed by atoms with van der Waals surface area (Å²) in [5.74, 6) is 1.54. The molecule has 1 saturated carbocycles. The van der Waals surface area contributed by atoms with Gasteiger partial charge in [0, 0.05) is 12.1 Å². The average molecular weight is 287 g/mol. The van der Waals surface area contributed by atoms with Crippen LogP contribution in [0.2, 0.25) is 0 Å². The molecule has 0 atom stereocenters. The fourth-order valence-electron chi connectivity index (χ4n) is 3.20. The minimum Gasteiger partial charge on any atom is -0.507 e. The molecule has 1 heterocycles. The lowest BCUT2D eigenvalue weighted by Crippen LogP contribution is -2.32. The number of hydrogen-bond acceptors (Lipinski definition) is 5. The molecule has 2 aromatic rings. The molecule has 5 nitrogen and oxygen atoms in total. The topological polar surface area (TPSA) is 85.2 Å². The first kappa shape index (κ1) is 14.1. The van der Waals surface area contributed by atoms with Crippen LogP contribution < -0.4 is 5.73 Å². The Hall–Kier alpha value is -1.88. The zero-order valence-corrected chi connectivity index (χ0v) is 12.5. The van der Waals surface area contributed by atoms with Crippen molar-refractivity contribution in [2.75, 3.05) is 6.54 Å². The van der Waals surface area contributed by atoms with Crippen LogP contribution in [0.4, 0.5) is 0 Å². The van der Waals surface area contributed by atoms with E-state index < -0.39 is 0 Å². The Bertz CT molecular complexity index is 634. The Balaban J connectivity index is 1.99. The van der Waals surface area contributed by atoms with Gasteiger partial charge in [0.2, 0.25) is 11.7 Å². The highest BCUT2D eigenvalue weighted by molar-refractivity contribution is 5.60. The lowest BCUT2D eigenvalue weighted by Gasteiger charge is -2.21. The summed E-state index contributed by atoms with van der Waals surface area (Å²) < 4.78 is 5.50. The zero-order chi connectivity index (χ0) is 15.0. The van der Waals surface area contributed by atoms with Crippen molar-refractivity contribution < 1.29 is 9.63 Å². The minimum atomic E-state index is -0.147. The molecule has 1 aliphatic rings. The first-order valence-electron chi connectivity index (χ1n) is 7.40. The second-order valence-corrected chi connectivity index (χ2v) is 6.07. The Morgan fingerprint density at radius 3 is 2.43 bits per heavy atom. The van der Waals surface area contributed by atoms with Crippen LogP contribution in [0.3, 0.4) is 0 Å². The third-order valence-electron chi connectivity index (χ3n) is 4.58. The van der Waals surface area contributed by atoms with Crippen molar-refractivity contribution in [1.82, 2.24) is 10.1 Å². The van der Waals surface area contributed by atoms with E-state index >= 15 is 0 Å². The summed E-state index contributed by atoms with van der Waals surface area (Å²) in [6.07, 6.45) is 4.34. The fraction of sp³-hybridized carbons (Fsp3) is 0.500. The second-order valence-electron chi connectivity index (χ2n) is 6.07. The number of aromatic hydroxyl groups is 1. The number of nitrogens with two attached hydrogens (primary N) is 1. The maximum atomic E-state index is 9.85. The third kappa shape index (κ3) is 2.31. The van der Waals surface area contributed by atoms with Gasteiger partial charge in [-0.2, -0.15) is 4.98 Å². The Kier molecular flexibility index (Phi) is 3.45. The predicted octanol–water partition coefficient (Wildman–Crippen LogP) is 2.83. The number of phenols is 1. The van der Waals surface area contributed by atoms with Crippen LogP contribution in [-0.4, -0.2) is 21.8 Å². The Morgan fingerprint density at radius 1 is 1.24 bits per heavy atom. The lowest BCUT2D eigenvalue weighted by molar-refractivity contribution is 0.284. The number of rotatable bonds is 3. The summed E-state index contributed by atoms with van der Waals surface area (Å²) in [4.78, 5) is 4.58. The summed E-state index contributed by atoms with van der Waals surface area (Å²) in [5.41, 5.74) is 8.30. The van der Waals surface area contributed by atoms with E-state index in [1.165, 1.54) is 0 Å². The highest BCUT2D eigenvalue weighted by atomic mass is 16.5. The van der Waals surface area contributed by atoms with Crippen LogP contribution >= 0.6 is 0 Å². The maximum Gasteiger partial charge on any atom is 0.234 e. The van der Waals surface area contributed by atoms with Crippen LogP contribution in [0.5, 0.6) is 5.75 Å². The van der Waals surface area contributed by atoms with Gasteiger partial charge in [0.05, 0.1) is 5.41 Å². The third-order valence-corrected chi connectivity index (χ3v) is 4.58. The molecular weight excluding hydrogens is 266 g/mol. The van der Waals surface area contributed by atoms with Crippen LogP contribution in [0.15, 0.2) is 16.7 Å². The SMILES string of the molecule is Cc1cc(-c2noc(C3(CN)CCCC3)n2)cc(C)c1O. The molecular formula is C16H21N3O2. The van der Waals surface area contributed by atoms with Crippen molar-refractivity contribution in [3.05, 3.63) is 29.2 Å². The van der Waals surface area contributed by atoms with Crippen molar-refractivity contribution >= 4 is 0 Å². The molecule has 5 heteroatoms. The number of nitrogens with zero attached hydrogens (tertiary/aromatic N) is 2. The highest BCUT2D eigenvalue weighted by Gasteiger charge is 2.39. The standard InChI is InChI=1S/C16H21N3O2/c1-10-7-12(8-11(2)13(10)20)14-18-15(21-19-14)16(9-17)5-3-4-6-16/h7-8,20H,3-6,9,17H2,1-2H3. The van der Waals surface area contributed by atoms with E-state index in [4.69, 9.17) is 10.3 Å². The molecule has 3 N–H and O–H groups in total. The average Bonchev–Trinajstić information content (AvgIpc) is 3.13. The van der Waals surface area contributed by atoms with Gasteiger partial charge in [-0.05, 0) is 49.9 Å². The van der Waals surface area contributed by atoms with E-state index in [-0.39, 0.29) is 5.41 Å². The molecule has 3 rings (SSSR count). The molecule has 0 spiro atoms. The van der Waals surface area contributed by atoms with Gasteiger partial charge in [0.25, 0.3) is 0 Å². The van der Waals surface area contributed by atoms with Crippen molar-refractivity contribution in [2.24, 2.45) is 5.73 Å². The minimum absolute atomic E-state index is 0.147. The number of aryl methyl sites for hydroxylation is 2. The summed E-state index contributed by atoms with van der Waals surface area (Å²) >= 11 is 0.